The standard InChI is InChI=1S/C14H29.CH2O3.Al.Mg.2H2O.3H/c1-3-5-7-9-11-13-14-12-10-8-6-4-2;2-1(3)4;;;;;;;/h1,3-14H2,2H3;(H2,2,3,4);;;2*1H2;;;/q;;;+2;;;;2*-1. The van der Waals surface area contributed by atoms with Crippen LogP contribution in [0.4, 0.5) is 4.79 Å². The van der Waals surface area contributed by atoms with Gasteiger partial charge in [-0.3, -0.25) is 0 Å². The molecule has 1 radical (unpaired) electrons. The van der Waals surface area contributed by atoms with Gasteiger partial charge in [0.05, 0.1) is 0 Å². The molecule has 7 heteroatoms. The van der Waals surface area contributed by atoms with Crippen LogP contribution in [0.1, 0.15) is 86.8 Å². The van der Waals surface area contributed by atoms with E-state index in [4.69, 9.17) is 15.0 Å². The SMILES string of the molecule is CCCCCCCCCCCCC[CH2][AlH].O.O.O=C(O)O.[H-].[H-].[Mg+2]. The van der Waals surface area contributed by atoms with Crippen molar-refractivity contribution < 1.29 is 28.8 Å². The summed E-state index contributed by atoms with van der Waals surface area (Å²) < 4.78 is 0. The first kappa shape index (κ1) is 34.0. The number of hydrogen-bond donors (Lipinski definition) is 2. The Morgan fingerprint density at radius 2 is 1.00 bits per heavy atom. The molecule has 0 aromatic heterocycles. The summed E-state index contributed by atoms with van der Waals surface area (Å²) in [6.45, 7) is 2.29. The van der Waals surface area contributed by atoms with Gasteiger partial charge < -0.3 is 24.0 Å². The molecular formula is C15H38AlMgO5. The van der Waals surface area contributed by atoms with E-state index in [-0.39, 0.29) is 36.9 Å². The molecule has 0 unspecified atom stereocenters. The second-order valence-electron chi connectivity index (χ2n) is 5.03. The fourth-order valence-electron chi connectivity index (χ4n) is 2.02. The predicted octanol–water partition coefficient (Wildman–Crippen LogP) is 3.42. The zero-order chi connectivity index (χ0) is 14.8. The smallest absolute Gasteiger partial charge is 1.00 e. The van der Waals surface area contributed by atoms with Crippen molar-refractivity contribution in [1.82, 2.24) is 0 Å². The summed E-state index contributed by atoms with van der Waals surface area (Å²) >= 11 is 2.11. The third-order valence-corrected chi connectivity index (χ3v) is 3.60. The van der Waals surface area contributed by atoms with Crippen LogP contribution in [0.25, 0.3) is 0 Å². The third kappa shape index (κ3) is 49.9. The van der Waals surface area contributed by atoms with Crippen LogP contribution < -0.4 is 0 Å². The number of hydrogen-bond acceptors (Lipinski definition) is 1. The van der Waals surface area contributed by atoms with Crippen LogP contribution in [0.3, 0.4) is 0 Å². The Morgan fingerprint density at radius 1 is 0.773 bits per heavy atom. The zero-order valence-electron chi connectivity index (χ0n) is 16.4. The topological polar surface area (TPSA) is 121 Å². The van der Waals surface area contributed by atoms with E-state index in [2.05, 4.69) is 23.2 Å². The van der Waals surface area contributed by atoms with Crippen molar-refractivity contribution in [3.8, 4) is 0 Å². The molecule has 0 heterocycles. The third-order valence-electron chi connectivity index (χ3n) is 3.10. The van der Waals surface area contributed by atoms with E-state index in [0.29, 0.717) is 0 Å². The van der Waals surface area contributed by atoms with E-state index in [1.807, 2.05) is 0 Å². The second kappa shape index (κ2) is 33.2. The van der Waals surface area contributed by atoms with Gasteiger partial charge in [0.1, 0.15) is 0 Å². The Kier molecular flexibility index (Phi) is 51.2. The summed E-state index contributed by atoms with van der Waals surface area (Å²) in [5, 5.41) is 15.3. The minimum absolute atomic E-state index is 0. The molecule has 22 heavy (non-hydrogen) atoms. The molecule has 0 rings (SSSR count). The summed E-state index contributed by atoms with van der Waals surface area (Å²) in [5.41, 5.74) is 0. The van der Waals surface area contributed by atoms with Gasteiger partial charge in [-0.25, -0.2) is 4.79 Å². The molecule has 0 aliphatic rings. The van der Waals surface area contributed by atoms with Crippen LogP contribution in [-0.4, -0.2) is 66.7 Å². The van der Waals surface area contributed by atoms with Gasteiger partial charge in [0.15, 0.2) is 16.3 Å². The van der Waals surface area contributed by atoms with Crippen molar-refractivity contribution in [2.75, 3.05) is 0 Å². The van der Waals surface area contributed by atoms with Crippen LogP contribution in [0, 0.1) is 0 Å². The van der Waals surface area contributed by atoms with Gasteiger partial charge in [-0.2, -0.15) is 0 Å². The monoisotopic (exact) mass is 349 g/mol. The van der Waals surface area contributed by atoms with Crippen molar-refractivity contribution in [2.45, 2.75) is 89.3 Å². The molecule has 0 aliphatic heterocycles. The Bertz CT molecular complexity index is 179. The Hall–Kier alpha value is 0.489. The van der Waals surface area contributed by atoms with Crippen molar-refractivity contribution in [3.63, 3.8) is 0 Å². The molecule has 0 spiro atoms. The average molecular weight is 350 g/mol. The molecule has 0 aromatic carbocycles. The molecule has 0 saturated carbocycles. The van der Waals surface area contributed by atoms with Crippen LogP contribution in [-0.2, 0) is 0 Å². The molecule has 5 nitrogen and oxygen atoms in total. The molecule has 0 aromatic rings. The van der Waals surface area contributed by atoms with Gasteiger partial charge >= 0.3 is 29.2 Å². The van der Waals surface area contributed by atoms with Gasteiger partial charge in [-0.15, -0.1) is 5.28 Å². The van der Waals surface area contributed by atoms with Crippen LogP contribution in [0.5, 0.6) is 0 Å². The maximum absolute atomic E-state index is 8.56. The van der Waals surface area contributed by atoms with Crippen LogP contribution in [0.15, 0.2) is 0 Å². The van der Waals surface area contributed by atoms with Crippen LogP contribution in [0.2, 0.25) is 5.28 Å². The molecule has 0 saturated heterocycles. The van der Waals surface area contributed by atoms with E-state index < -0.39 is 6.16 Å². The first-order valence-electron chi connectivity index (χ1n) is 7.86. The molecule has 0 fully saturated rings. The second-order valence-corrected chi connectivity index (χ2v) is 5.73. The first-order valence-corrected chi connectivity index (χ1v) is 8.86. The minimum atomic E-state index is -1.83. The van der Waals surface area contributed by atoms with Gasteiger partial charge in [0, 0.05) is 0 Å². The Labute approximate surface area is 163 Å². The largest absolute Gasteiger partial charge is 2.00 e. The zero-order valence-corrected chi connectivity index (χ0v) is 17.2. The van der Waals surface area contributed by atoms with Crippen molar-refractivity contribution >= 4 is 45.5 Å². The fraction of sp³-hybridized carbons (Fsp3) is 0.933. The minimum Gasteiger partial charge on any atom is -1.00 e. The number of carbonyl (C=O) groups is 1. The molecular weight excluding hydrogens is 311 g/mol. The van der Waals surface area contributed by atoms with E-state index in [0.717, 1.165) is 0 Å². The van der Waals surface area contributed by atoms with Crippen molar-refractivity contribution in [3.05, 3.63) is 0 Å². The van der Waals surface area contributed by atoms with Crippen molar-refractivity contribution in [2.24, 2.45) is 0 Å². The molecule has 0 bridgehead atoms. The summed E-state index contributed by atoms with van der Waals surface area (Å²) in [7, 11) is 0. The van der Waals surface area contributed by atoms with Gasteiger partial charge in [-0.1, -0.05) is 84.0 Å². The normalized spacial score (nSPS) is 8.41. The number of rotatable bonds is 12. The van der Waals surface area contributed by atoms with Gasteiger partial charge in [0.25, 0.3) is 0 Å². The molecule has 0 atom stereocenters. The van der Waals surface area contributed by atoms with Crippen molar-refractivity contribution in [1.29, 1.82) is 0 Å². The van der Waals surface area contributed by atoms with E-state index in [1.165, 1.54) is 82.3 Å². The molecule has 0 amide bonds. The van der Waals surface area contributed by atoms with E-state index in [9.17, 15) is 0 Å². The quantitative estimate of drug-likeness (QED) is 0.414. The average Bonchev–Trinajstić information content (AvgIpc) is 2.35. The van der Waals surface area contributed by atoms with E-state index in [1.54, 1.807) is 0 Å². The summed E-state index contributed by atoms with van der Waals surface area (Å²) in [6, 6.07) is 0. The Morgan fingerprint density at radius 3 is 1.23 bits per heavy atom. The predicted molar refractivity (Wildman–Crippen MR) is 98.9 cm³/mol. The molecule has 0 aliphatic carbocycles. The van der Waals surface area contributed by atoms with Gasteiger partial charge in [-0.05, 0) is 0 Å². The summed E-state index contributed by atoms with van der Waals surface area (Å²) in [4.78, 5) is 8.56. The summed E-state index contributed by atoms with van der Waals surface area (Å²) in [5.74, 6) is 0. The number of unbranched alkanes of at least 4 members (excludes halogenated alkanes) is 11. The maximum atomic E-state index is 8.56. The maximum Gasteiger partial charge on any atom is 2.00 e. The van der Waals surface area contributed by atoms with Gasteiger partial charge in [0.2, 0.25) is 0 Å². The van der Waals surface area contributed by atoms with E-state index >= 15 is 0 Å². The first-order chi connectivity index (χ1) is 9.15. The fourth-order valence-corrected chi connectivity index (χ4v) is 2.37. The summed E-state index contributed by atoms with van der Waals surface area (Å²) in [6.07, 6.45) is 15.8. The van der Waals surface area contributed by atoms with Crippen LogP contribution >= 0.6 is 0 Å². The Balaban J connectivity index is -0.0000000580. The molecule has 133 valence electrons. The number of carboxylic acid groups (broad SMARTS) is 2. The molecule has 6 N–H and O–H groups in total.